The first kappa shape index (κ1) is 15.6. The molecular formula is C13H11F3NO3S+2. The Bertz CT molecular complexity index is 595. The standard InChI is InChI=1S/C13H10F3NO3S/c14-13(15,16)21(18,19)20-17(11-7-3-1-4-8-11)12-9-5-2-6-10-12/h1-10H/q+1/p+1. The molecule has 1 N–H and O–H groups in total. The SMILES string of the molecule is [O][S+](=O)(O[NH+](c1ccccc1)c1ccccc1)C(F)(F)F. The number of halogens is 3. The van der Waals surface area contributed by atoms with Crippen molar-refractivity contribution in [3.05, 3.63) is 60.7 Å². The zero-order valence-corrected chi connectivity index (χ0v) is 11.4. The van der Waals surface area contributed by atoms with Crippen molar-refractivity contribution in [1.82, 2.24) is 0 Å². The Hall–Kier alpha value is -1.74. The van der Waals surface area contributed by atoms with Crippen molar-refractivity contribution >= 4 is 21.9 Å². The number of hydrogen-bond acceptors (Lipinski definition) is 2. The van der Waals surface area contributed by atoms with Gasteiger partial charge in [0.25, 0.3) is 0 Å². The predicted molar refractivity (Wildman–Crippen MR) is 69.0 cm³/mol. The maximum atomic E-state index is 12.5. The molecule has 2 rings (SSSR count). The van der Waals surface area contributed by atoms with Crippen LogP contribution in [-0.2, 0) is 23.5 Å². The van der Waals surface area contributed by atoms with Crippen molar-refractivity contribution < 1.29 is 31.3 Å². The fourth-order valence-corrected chi connectivity index (χ4v) is 2.11. The highest BCUT2D eigenvalue weighted by Crippen LogP contribution is 2.29. The average Bonchev–Trinajstić information content (AvgIpc) is 2.45. The molecule has 0 saturated carbocycles. The number of quaternary nitrogens is 1. The first-order chi connectivity index (χ1) is 9.81. The Morgan fingerprint density at radius 3 is 1.57 bits per heavy atom. The summed E-state index contributed by atoms with van der Waals surface area (Å²) in [4.78, 5) is 0. The van der Waals surface area contributed by atoms with Crippen LogP contribution in [0.15, 0.2) is 60.7 Å². The molecule has 21 heavy (non-hydrogen) atoms. The Morgan fingerprint density at radius 1 is 0.857 bits per heavy atom. The highest BCUT2D eigenvalue weighted by Gasteiger charge is 2.68. The van der Waals surface area contributed by atoms with Gasteiger partial charge in [-0.2, -0.15) is 0 Å². The van der Waals surface area contributed by atoms with Crippen molar-refractivity contribution in [1.29, 1.82) is 0 Å². The minimum Gasteiger partial charge on any atom is -0.118 e. The normalized spacial score (nSPS) is 14.9. The van der Waals surface area contributed by atoms with Crippen LogP contribution in [0.1, 0.15) is 0 Å². The largest absolute Gasteiger partial charge is 0.651 e. The second-order valence-corrected chi connectivity index (χ2v) is 5.58. The molecule has 0 aliphatic carbocycles. The molecule has 0 spiro atoms. The molecule has 1 unspecified atom stereocenters. The van der Waals surface area contributed by atoms with Gasteiger partial charge in [0.1, 0.15) is 0 Å². The topological polar surface area (TPSA) is 50.6 Å². The Morgan fingerprint density at radius 2 is 1.24 bits per heavy atom. The monoisotopic (exact) mass is 318 g/mol. The average molecular weight is 318 g/mol. The molecule has 2 aromatic carbocycles. The van der Waals surface area contributed by atoms with Crippen LogP contribution in [0.3, 0.4) is 0 Å². The van der Waals surface area contributed by atoms with E-state index >= 15 is 0 Å². The third-order valence-electron chi connectivity index (χ3n) is 2.55. The maximum absolute atomic E-state index is 12.5. The molecule has 0 aliphatic heterocycles. The Kier molecular flexibility index (Phi) is 4.43. The molecule has 0 aromatic heterocycles. The first-order valence-electron chi connectivity index (χ1n) is 5.80. The van der Waals surface area contributed by atoms with Crippen molar-refractivity contribution in [2.45, 2.75) is 5.51 Å². The highest BCUT2D eigenvalue weighted by atomic mass is 32.3. The van der Waals surface area contributed by atoms with E-state index in [2.05, 4.69) is 4.28 Å². The highest BCUT2D eigenvalue weighted by molar-refractivity contribution is 7.93. The molecule has 0 bridgehead atoms. The molecule has 2 aromatic rings. The van der Waals surface area contributed by atoms with Crippen LogP contribution >= 0.6 is 0 Å². The first-order valence-corrected chi connectivity index (χ1v) is 7.20. The lowest BCUT2D eigenvalue weighted by Gasteiger charge is -2.13. The molecule has 1 radical (unpaired) electrons. The summed E-state index contributed by atoms with van der Waals surface area (Å²) in [7, 11) is -5.73. The molecule has 0 amide bonds. The third-order valence-corrected chi connectivity index (χ3v) is 3.50. The van der Waals surface area contributed by atoms with Crippen LogP contribution in [0.5, 0.6) is 0 Å². The smallest absolute Gasteiger partial charge is 0.118 e. The molecule has 0 saturated heterocycles. The van der Waals surface area contributed by atoms with Crippen LogP contribution in [0.25, 0.3) is 0 Å². The van der Waals surface area contributed by atoms with Crippen LogP contribution in [0.2, 0.25) is 0 Å². The van der Waals surface area contributed by atoms with Gasteiger partial charge in [0.2, 0.25) is 0 Å². The van der Waals surface area contributed by atoms with Gasteiger partial charge in [-0.15, -0.1) is 13.2 Å². The van der Waals surface area contributed by atoms with Crippen LogP contribution in [-0.4, -0.2) is 5.51 Å². The van der Waals surface area contributed by atoms with Gasteiger partial charge in [-0.3, -0.25) is 0 Å². The van der Waals surface area contributed by atoms with E-state index in [1.165, 1.54) is 24.3 Å². The van der Waals surface area contributed by atoms with Crippen molar-refractivity contribution in [2.75, 3.05) is 0 Å². The molecule has 0 fully saturated rings. The molecule has 111 valence electrons. The van der Waals surface area contributed by atoms with Crippen molar-refractivity contribution in [2.24, 2.45) is 0 Å². The van der Waals surface area contributed by atoms with Crippen LogP contribution < -0.4 is 5.06 Å². The van der Waals surface area contributed by atoms with Gasteiger partial charge in [-0.25, -0.2) is 0 Å². The molecule has 4 nitrogen and oxygen atoms in total. The summed E-state index contributed by atoms with van der Waals surface area (Å²) >= 11 is 0. The number of para-hydroxylation sites is 2. The minimum atomic E-state index is -5.73. The van der Waals surface area contributed by atoms with E-state index < -0.39 is 16.0 Å². The van der Waals surface area contributed by atoms with Gasteiger partial charge in [0.15, 0.2) is 11.4 Å². The second kappa shape index (κ2) is 5.94. The van der Waals surface area contributed by atoms with E-state index in [1.807, 2.05) is 0 Å². The number of nitrogens with one attached hydrogen (secondary N) is 1. The van der Waals surface area contributed by atoms with Gasteiger partial charge in [0.05, 0.1) is 8.84 Å². The molecular weight excluding hydrogens is 307 g/mol. The maximum Gasteiger partial charge on any atom is 0.651 e. The van der Waals surface area contributed by atoms with Crippen molar-refractivity contribution in [3.8, 4) is 0 Å². The summed E-state index contributed by atoms with van der Waals surface area (Å²) in [5, 5.41) is -0.367. The third kappa shape index (κ3) is 3.67. The van der Waals surface area contributed by atoms with E-state index in [9.17, 15) is 21.9 Å². The van der Waals surface area contributed by atoms with Gasteiger partial charge in [-0.1, -0.05) is 41.5 Å². The van der Waals surface area contributed by atoms with Crippen LogP contribution in [0, 0.1) is 0 Å². The van der Waals surface area contributed by atoms with Gasteiger partial charge in [0, 0.05) is 24.3 Å². The molecule has 8 heteroatoms. The summed E-state index contributed by atoms with van der Waals surface area (Å²) < 4.78 is 64.3. The predicted octanol–water partition coefficient (Wildman–Crippen LogP) is 2.75. The van der Waals surface area contributed by atoms with Gasteiger partial charge < -0.3 is 0 Å². The molecule has 0 aliphatic rings. The summed E-state index contributed by atoms with van der Waals surface area (Å²) in [5.74, 6) is 0. The minimum absolute atomic E-state index is 0.233. The van der Waals surface area contributed by atoms with E-state index in [4.69, 9.17) is 0 Å². The zero-order chi connectivity index (χ0) is 15.5. The number of benzene rings is 2. The van der Waals surface area contributed by atoms with E-state index in [1.54, 1.807) is 36.4 Å². The second-order valence-electron chi connectivity index (χ2n) is 4.04. The zero-order valence-electron chi connectivity index (χ0n) is 10.5. The summed E-state index contributed by atoms with van der Waals surface area (Å²) in [5.41, 5.74) is -5.02. The van der Waals surface area contributed by atoms with Gasteiger partial charge in [-0.05, 0) is 4.21 Å². The lowest BCUT2D eigenvalue weighted by Crippen LogP contribution is -3.02. The summed E-state index contributed by atoms with van der Waals surface area (Å²) in [6, 6.07) is 15.5. The summed E-state index contributed by atoms with van der Waals surface area (Å²) in [6.45, 7) is 0. The lowest BCUT2D eigenvalue weighted by atomic mass is 10.2. The van der Waals surface area contributed by atoms with Crippen molar-refractivity contribution in [3.63, 3.8) is 0 Å². The lowest BCUT2D eigenvalue weighted by molar-refractivity contribution is -0.953. The Balaban J connectivity index is 2.42. The van der Waals surface area contributed by atoms with E-state index in [-0.39, 0.29) is 16.4 Å². The van der Waals surface area contributed by atoms with E-state index in [0.29, 0.717) is 0 Å². The van der Waals surface area contributed by atoms with Crippen LogP contribution in [0.4, 0.5) is 24.5 Å². The Labute approximate surface area is 120 Å². The number of hydrogen-bond donors (Lipinski definition) is 1. The fourth-order valence-electron chi connectivity index (χ4n) is 1.60. The quantitative estimate of drug-likeness (QED) is 0.696. The molecule has 1 atom stereocenters. The van der Waals surface area contributed by atoms with E-state index in [0.717, 1.165) is 0 Å². The summed E-state index contributed by atoms with van der Waals surface area (Å²) in [6.07, 6.45) is 0. The molecule has 0 heterocycles. The number of rotatable bonds is 4. The van der Waals surface area contributed by atoms with Gasteiger partial charge >= 0.3 is 16.0 Å². The fraction of sp³-hybridized carbons (Fsp3) is 0.0769. The number of alkyl halides is 3.